The molecule has 0 fully saturated rings. The highest BCUT2D eigenvalue weighted by Gasteiger charge is 1.98. The van der Waals surface area contributed by atoms with Crippen LogP contribution in [-0.2, 0) is 12.8 Å². The Labute approximate surface area is 104 Å². The summed E-state index contributed by atoms with van der Waals surface area (Å²) in [6.45, 7) is 1.99. The molecule has 1 aromatic heterocycles. The number of aromatic nitrogens is 2. The first-order chi connectivity index (χ1) is 7.74. The van der Waals surface area contributed by atoms with Crippen molar-refractivity contribution in [2.45, 2.75) is 19.8 Å². The molecule has 0 bridgehead atoms. The van der Waals surface area contributed by atoms with E-state index in [2.05, 4.69) is 50.2 Å². The smallest absolute Gasteiger partial charge is 0.115 e. The van der Waals surface area contributed by atoms with Crippen LogP contribution >= 0.6 is 15.9 Å². The van der Waals surface area contributed by atoms with Crippen molar-refractivity contribution >= 4 is 15.9 Å². The van der Waals surface area contributed by atoms with Crippen LogP contribution in [-0.4, -0.2) is 9.97 Å². The van der Waals surface area contributed by atoms with Gasteiger partial charge in [0.25, 0.3) is 0 Å². The van der Waals surface area contributed by atoms with Gasteiger partial charge < -0.3 is 0 Å². The Bertz CT molecular complexity index is 466. The van der Waals surface area contributed by atoms with E-state index in [9.17, 15) is 0 Å². The van der Waals surface area contributed by atoms with Crippen LogP contribution in [0.1, 0.15) is 17.0 Å². The standard InChI is InChI=1S/C13H13BrN2/c1-10-8-13(16-9-15-10)7-4-11-2-5-12(14)6-3-11/h2-3,5-6,8-9H,4,7H2,1H3. The molecule has 1 heterocycles. The van der Waals surface area contributed by atoms with Crippen molar-refractivity contribution in [1.82, 2.24) is 9.97 Å². The van der Waals surface area contributed by atoms with Crippen LogP contribution < -0.4 is 0 Å². The van der Waals surface area contributed by atoms with E-state index in [-0.39, 0.29) is 0 Å². The molecule has 0 radical (unpaired) electrons. The zero-order valence-electron chi connectivity index (χ0n) is 9.15. The summed E-state index contributed by atoms with van der Waals surface area (Å²) in [5.74, 6) is 0. The van der Waals surface area contributed by atoms with E-state index >= 15 is 0 Å². The lowest BCUT2D eigenvalue weighted by Gasteiger charge is -2.02. The molecule has 0 atom stereocenters. The van der Waals surface area contributed by atoms with Gasteiger partial charge in [-0.15, -0.1) is 0 Å². The number of nitrogens with zero attached hydrogens (tertiary/aromatic N) is 2. The number of hydrogen-bond donors (Lipinski definition) is 0. The summed E-state index contributed by atoms with van der Waals surface area (Å²) < 4.78 is 1.12. The average molecular weight is 277 g/mol. The molecule has 2 rings (SSSR count). The van der Waals surface area contributed by atoms with Crippen LogP contribution in [0, 0.1) is 6.92 Å². The van der Waals surface area contributed by atoms with Crippen LogP contribution in [0.5, 0.6) is 0 Å². The highest BCUT2D eigenvalue weighted by atomic mass is 79.9. The van der Waals surface area contributed by atoms with Gasteiger partial charge in [-0.25, -0.2) is 9.97 Å². The minimum Gasteiger partial charge on any atom is -0.242 e. The Kier molecular flexibility index (Phi) is 3.67. The van der Waals surface area contributed by atoms with E-state index in [4.69, 9.17) is 0 Å². The summed E-state index contributed by atoms with van der Waals surface area (Å²) in [7, 11) is 0. The molecule has 0 aliphatic rings. The molecule has 3 heteroatoms. The molecule has 82 valence electrons. The van der Waals surface area contributed by atoms with Crippen LogP contribution in [0.4, 0.5) is 0 Å². The molecule has 0 saturated carbocycles. The zero-order chi connectivity index (χ0) is 11.4. The largest absolute Gasteiger partial charge is 0.242 e. The van der Waals surface area contributed by atoms with Gasteiger partial charge in [-0.3, -0.25) is 0 Å². The lowest BCUT2D eigenvalue weighted by molar-refractivity contribution is 0.891. The molecule has 2 nitrogen and oxygen atoms in total. The van der Waals surface area contributed by atoms with Crippen molar-refractivity contribution in [3.8, 4) is 0 Å². The van der Waals surface area contributed by atoms with Gasteiger partial charge in [-0.2, -0.15) is 0 Å². The molecular formula is C13H13BrN2. The maximum Gasteiger partial charge on any atom is 0.115 e. The second-order valence-electron chi connectivity index (χ2n) is 3.78. The number of halogens is 1. The van der Waals surface area contributed by atoms with Gasteiger partial charge >= 0.3 is 0 Å². The summed E-state index contributed by atoms with van der Waals surface area (Å²) in [5, 5.41) is 0. The van der Waals surface area contributed by atoms with Gasteiger partial charge in [0, 0.05) is 15.9 Å². The average Bonchev–Trinajstić information content (AvgIpc) is 2.28. The lowest BCUT2D eigenvalue weighted by Crippen LogP contribution is -1.96. The Morgan fingerprint density at radius 1 is 1.06 bits per heavy atom. The van der Waals surface area contributed by atoms with E-state index in [1.165, 1.54) is 5.56 Å². The lowest BCUT2D eigenvalue weighted by atomic mass is 10.1. The maximum absolute atomic E-state index is 4.25. The highest BCUT2D eigenvalue weighted by Crippen LogP contribution is 2.12. The third-order valence-corrected chi connectivity index (χ3v) is 2.97. The third-order valence-electron chi connectivity index (χ3n) is 2.44. The van der Waals surface area contributed by atoms with Gasteiger partial charge in [0.2, 0.25) is 0 Å². The number of rotatable bonds is 3. The monoisotopic (exact) mass is 276 g/mol. The van der Waals surface area contributed by atoms with Crippen molar-refractivity contribution in [2.24, 2.45) is 0 Å². The maximum atomic E-state index is 4.25. The van der Waals surface area contributed by atoms with E-state index in [1.807, 2.05) is 13.0 Å². The normalized spacial score (nSPS) is 10.4. The van der Waals surface area contributed by atoms with Crippen LogP contribution in [0.3, 0.4) is 0 Å². The van der Waals surface area contributed by atoms with Crippen LogP contribution in [0.15, 0.2) is 41.1 Å². The predicted molar refractivity (Wildman–Crippen MR) is 68.3 cm³/mol. The number of hydrogen-bond acceptors (Lipinski definition) is 2. The van der Waals surface area contributed by atoms with E-state index < -0.39 is 0 Å². The summed E-state index contributed by atoms with van der Waals surface area (Å²) in [4.78, 5) is 8.34. The van der Waals surface area contributed by atoms with E-state index in [0.717, 1.165) is 28.7 Å². The first-order valence-electron chi connectivity index (χ1n) is 5.26. The van der Waals surface area contributed by atoms with Crippen LogP contribution in [0.25, 0.3) is 0 Å². The summed E-state index contributed by atoms with van der Waals surface area (Å²) >= 11 is 3.43. The summed E-state index contributed by atoms with van der Waals surface area (Å²) in [5.41, 5.74) is 3.47. The molecule has 2 aromatic rings. The molecular weight excluding hydrogens is 264 g/mol. The van der Waals surface area contributed by atoms with Gasteiger partial charge in [0.15, 0.2) is 0 Å². The Balaban J connectivity index is 1.99. The molecule has 1 aromatic carbocycles. The molecule has 0 unspecified atom stereocenters. The predicted octanol–water partition coefficient (Wildman–Crippen LogP) is 3.33. The topological polar surface area (TPSA) is 25.8 Å². The van der Waals surface area contributed by atoms with Crippen molar-refractivity contribution in [3.63, 3.8) is 0 Å². The Hall–Kier alpha value is -1.22. The molecule has 0 N–H and O–H groups in total. The van der Waals surface area contributed by atoms with Gasteiger partial charge in [0.1, 0.15) is 6.33 Å². The molecule has 0 saturated heterocycles. The van der Waals surface area contributed by atoms with Gasteiger partial charge in [-0.1, -0.05) is 28.1 Å². The van der Waals surface area contributed by atoms with Gasteiger partial charge in [-0.05, 0) is 43.5 Å². The molecule has 0 aliphatic carbocycles. The van der Waals surface area contributed by atoms with Crippen molar-refractivity contribution in [1.29, 1.82) is 0 Å². The molecule has 0 spiro atoms. The summed E-state index contributed by atoms with van der Waals surface area (Å²) in [6, 6.07) is 10.5. The second-order valence-corrected chi connectivity index (χ2v) is 4.69. The fraction of sp³-hybridized carbons (Fsp3) is 0.231. The van der Waals surface area contributed by atoms with Gasteiger partial charge in [0.05, 0.1) is 0 Å². The highest BCUT2D eigenvalue weighted by molar-refractivity contribution is 9.10. The minimum absolute atomic E-state index is 0.963. The van der Waals surface area contributed by atoms with Crippen molar-refractivity contribution in [2.75, 3.05) is 0 Å². The number of benzene rings is 1. The van der Waals surface area contributed by atoms with Crippen molar-refractivity contribution in [3.05, 3.63) is 58.1 Å². The van der Waals surface area contributed by atoms with Crippen molar-refractivity contribution < 1.29 is 0 Å². The Morgan fingerprint density at radius 2 is 1.81 bits per heavy atom. The third kappa shape index (κ3) is 3.14. The van der Waals surface area contributed by atoms with Crippen LogP contribution in [0.2, 0.25) is 0 Å². The SMILES string of the molecule is Cc1cc(CCc2ccc(Br)cc2)ncn1. The fourth-order valence-corrected chi connectivity index (χ4v) is 1.83. The number of aryl methyl sites for hydroxylation is 3. The van der Waals surface area contributed by atoms with E-state index in [0.29, 0.717) is 0 Å². The minimum atomic E-state index is 0.963. The molecule has 16 heavy (non-hydrogen) atoms. The first kappa shape index (κ1) is 11.3. The second kappa shape index (κ2) is 5.21. The molecule has 0 amide bonds. The first-order valence-corrected chi connectivity index (χ1v) is 6.05. The molecule has 0 aliphatic heterocycles. The summed E-state index contributed by atoms with van der Waals surface area (Å²) in [6.07, 6.45) is 3.61. The fourth-order valence-electron chi connectivity index (χ4n) is 1.57. The zero-order valence-corrected chi connectivity index (χ0v) is 10.7. The Morgan fingerprint density at radius 3 is 2.50 bits per heavy atom. The quantitative estimate of drug-likeness (QED) is 0.860. The van der Waals surface area contributed by atoms with E-state index in [1.54, 1.807) is 6.33 Å².